The van der Waals surface area contributed by atoms with E-state index in [0.717, 1.165) is 67.8 Å². The number of halogens is 9. The number of ether oxygens (including phenoxy) is 1. The van der Waals surface area contributed by atoms with Crippen molar-refractivity contribution in [1.29, 1.82) is 0 Å². The minimum atomic E-state index is -4.27. The molecule has 0 radical (unpaired) electrons. The van der Waals surface area contributed by atoms with Crippen LogP contribution in [-0.2, 0) is 12.5 Å². The van der Waals surface area contributed by atoms with Crippen molar-refractivity contribution >= 4 is 0 Å². The highest BCUT2D eigenvalue weighted by Crippen LogP contribution is 2.38. The standard InChI is InChI=1S/C36H25F9O/c1-2-3-4-5-20-6-12-27(31(40)14-20)36(44,45)46-24-18-33(42)35(34(43)19-24)23-8-11-26(30(39)17-23)21-7-10-25(29(38)15-21)22-9-13-28(37)32(41)16-22/h6-19H,2-5H2,1H3. The van der Waals surface area contributed by atoms with Crippen LogP contribution in [0.25, 0.3) is 33.4 Å². The van der Waals surface area contributed by atoms with Gasteiger partial charge in [-0.05, 0) is 71.5 Å². The molecule has 0 aromatic heterocycles. The molecule has 0 N–H and O–H groups in total. The Bertz CT molecular complexity index is 1880. The summed E-state index contributed by atoms with van der Waals surface area (Å²) in [6.07, 6.45) is -1.19. The zero-order valence-corrected chi connectivity index (χ0v) is 24.2. The molecule has 0 unspecified atom stereocenters. The van der Waals surface area contributed by atoms with E-state index in [1.165, 1.54) is 24.3 Å². The molecule has 0 atom stereocenters. The van der Waals surface area contributed by atoms with E-state index in [1.807, 2.05) is 6.92 Å². The fourth-order valence-electron chi connectivity index (χ4n) is 5.10. The molecular weight excluding hydrogens is 619 g/mol. The normalized spacial score (nSPS) is 11.6. The third-order valence-corrected chi connectivity index (χ3v) is 7.45. The Hall–Kier alpha value is -4.73. The quantitative estimate of drug-likeness (QED) is 0.109. The summed E-state index contributed by atoms with van der Waals surface area (Å²) in [5.74, 6) is -9.00. The van der Waals surface area contributed by atoms with Gasteiger partial charge in [-0.25, -0.2) is 30.7 Å². The van der Waals surface area contributed by atoms with Gasteiger partial charge in [0.05, 0.1) is 11.1 Å². The molecule has 0 aliphatic carbocycles. The maximum Gasteiger partial charge on any atom is 0.429 e. The van der Waals surface area contributed by atoms with Crippen LogP contribution in [-0.4, -0.2) is 0 Å². The Morgan fingerprint density at radius 1 is 0.522 bits per heavy atom. The molecule has 5 rings (SSSR count). The minimum absolute atomic E-state index is 0.0426. The van der Waals surface area contributed by atoms with Gasteiger partial charge in [-0.2, -0.15) is 8.78 Å². The van der Waals surface area contributed by atoms with Gasteiger partial charge >= 0.3 is 6.11 Å². The zero-order chi connectivity index (χ0) is 33.2. The SMILES string of the molecule is CCCCCc1ccc(C(F)(F)Oc2cc(F)c(-c3ccc(-c4ccc(-c5ccc(F)c(F)c5)c(F)c4)c(F)c3)c(F)c2)c(F)c1. The lowest BCUT2D eigenvalue weighted by molar-refractivity contribution is -0.187. The third kappa shape index (κ3) is 6.90. The second-order valence-electron chi connectivity index (χ2n) is 10.7. The van der Waals surface area contributed by atoms with E-state index >= 15 is 13.2 Å². The number of aryl methyl sites for hydroxylation is 1. The average Bonchev–Trinajstić information content (AvgIpc) is 2.98. The van der Waals surface area contributed by atoms with Crippen LogP contribution < -0.4 is 4.74 Å². The molecule has 0 aliphatic heterocycles. The smallest absolute Gasteiger partial charge is 0.429 e. The highest BCUT2D eigenvalue weighted by molar-refractivity contribution is 5.74. The molecule has 5 aromatic carbocycles. The highest BCUT2D eigenvalue weighted by atomic mass is 19.3. The van der Waals surface area contributed by atoms with Crippen molar-refractivity contribution in [2.24, 2.45) is 0 Å². The summed E-state index contributed by atoms with van der Waals surface area (Å²) < 4.78 is 136. The predicted molar refractivity (Wildman–Crippen MR) is 157 cm³/mol. The number of hydrogen-bond donors (Lipinski definition) is 0. The summed E-state index contributed by atoms with van der Waals surface area (Å²) >= 11 is 0. The van der Waals surface area contributed by atoms with Gasteiger partial charge in [-0.3, -0.25) is 0 Å². The molecule has 1 nitrogen and oxygen atoms in total. The van der Waals surface area contributed by atoms with Crippen molar-refractivity contribution in [2.45, 2.75) is 38.7 Å². The minimum Gasteiger partial charge on any atom is -0.429 e. The fraction of sp³-hybridized carbons (Fsp3) is 0.167. The van der Waals surface area contributed by atoms with Gasteiger partial charge in [0.1, 0.15) is 34.8 Å². The summed E-state index contributed by atoms with van der Waals surface area (Å²) in [7, 11) is 0. The van der Waals surface area contributed by atoms with Crippen LogP contribution in [0.2, 0.25) is 0 Å². The summed E-state index contributed by atoms with van der Waals surface area (Å²) in [5, 5.41) is 0. The first-order valence-corrected chi connectivity index (χ1v) is 14.3. The molecule has 46 heavy (non-hydrogen) atoms. The van der Waals surface area contributed by atoms with Crippen LogP contribution >= 0.6 is 0 Å². The molecule has 5 aromatic rings. The Balaban J connectivity index is 1.37. The molecule has 0 amide bonds. The van der Waals surface area contributed by atoms with Gasteiger partial charge in [-0.1, -0.05) is 56.2 Å². The van der Waals surface area contributed by atoms with Crippen LogP contribution in [0.5, 0.6) is 5.75 Å². The molecule has 238 valence electrons. The molecule has 0 bridgehead atoms. The highest BCUT2D eigenvalue weighted by Gasteiger charge is 2.38. The molecule has 0 aliphatic rings. The van der Waals surface area contributed by atoms with E-state index in [9.17, 15) is 26.3 Å². The lowest BCUT2D eigenvalue weighted by Crippen LogP contribution is -2.23. The first-order chi connectivity index (χ1) is 21.9. The Morgan fingerprint density at radius 3 is 1.65 bits per heavy atom. The van der Waals surface area contributed by atoms with Crippen LogP contribution in [0.4, 0.5) is 39.5 Å². The largest absolute Gasteiger partial charge is 0.429 e. The van der Waals surface area contributed by atoms with Gasteiger partial charge in [0, 0.05) is 23.3 Å². The Morgan fingerprint density at radius 2 is 1.09 bits per heavy atom. The number of benzene rings is 5. The first-order valence-electron chi connectivity index (χ1n) is 14.3. The second-order valence-corrected chi connectivity index (χ2v) is 10.7. The maximum absolute atomic E-state index is 15.2. The monoisotopic (exact) mass is 644 g/mol. The summed E-state index contributed by atoms with van der Waals surface area (Å²) in [6, 6.07) is 13.6. The molecular formula is C36H25F9O. The van der Waals surface area contributed by atoms with Crippen molar-refractivity contribution < 1.29 is 44.3 Å². The molecule has 0 fully saturated rings. The van der Waals surface area contributed by atoms with Gasteiger partial charge in [-0.15, -0.1) is 0 Å². The number of alkyl halides is 2. The van der Waals surface area contributed by atoms with E-state index in [-0.39, 0.29) is 27.8 Å². The zero-order valence-electron chi connectivity index (χ0n) is 24.2. The van der Waals surface area contributed by atoms with Gasteiger partial charge in [0.15, 0.2) is 11.6 Å². The number of hydrogen-bond acceptors (Lipinski definition) is 1. The average molecular weight is 645 g/mol. The second kappa shape index (κ2) is 13.3. The maximum atomic E-state index is 15.2. The van der Waals surface area contributed by atoms with Crippen molar-refractivity contribution in [3.8, 4) is 39.1 Å². The van der Waals surface area contributed by atoms with Crippen molar-refractivity contribution in [3.05, 3.63) is 137 Å². The van der Waals surface area contributed by atoms with Crippen LogP contribution in [0.1, 0.15) is 37.3 Å². The van der Waals surface area contributed by atoms with Crippen LogP contribution in [0.15, 0.2) is 84.9 Å². The van der Waals surface area contributed by atoms with E-state index in [2.05, 4.69) is 4.74 Å². The lowest BCUT2D eigenvalue weighted by Gasteiger charge is -2.20. The molecule has 0 spiro atoms. The third-order valence-electron chi connectivity index (χ3n) is 7.45. The topological polar surface area (TPSA) is 9.23 Å². The van der Waals surface area contributed by atoms with Crippen molar-refractivity contribution in [3.63, 3.8) is 0 Å². The van der Waals surface area contributed by atoms with E-state index < -0.39 is 63.7 Å². The Labute approximate surface area is 258 Å². The van der Waals surface area contributed by atoms with E-state index in [1.54, 1.807) is 0 Å². The summed E-state index contributed by atoms with van der Waals surface area (Å²) in [4.78, 5) is 0. The van der Waals surface area contributed by atoms with Crippen LogP contribution in [0.3, 0.4) is 0 Å². The molecule has 0 heterocycles. The molecule has 0 saturated carbocycles. The van der Waals surface area contributed by atoms with Crippen molar-refractivity contribution in [1.82, 2.24) is 0 Å². The van der Waals surface area contributed by atoms with Gasteiger partial charge < -0.3 is 4.74 Å². The van der Waals surface area contributed by atoms with Gasteiger partial charge in [0.25, 0.3) is 0 Å². The van der Waals surface area contributed by atoms with Crippen molar-refractivity contribution in [2.75, 3.05) is 0 Å². The van der Waals surface area contributed by atoms with Crippen LogP contribution in [0, 0.1) is 40.7 Å². The Kier molecular flexibility index (Phi) is 9.46. The van der Waals surface area contributed by atoms with E-state index in [4.69, 9.17) is 0 Å². The lowest BCUT2D eigenvalue weighted by atomic mass is 9.96. The summed E-state index contributed by atoms with van der Waals surface area (Å²) in [5.41, 5.74) is -1.74. The number of unbranched alkanes of at least 4 members (excludes halogenated alkanes) is 2. The molecule has 10 heteroatoms. The fourth-order valence-corrected chi connectivity index (χ4v) is 5.10. The van der Waals surface area contributed by atoms with E-state index in [0.29, 0.717) is 24.1 Å². The first kappa shape index (κ1) is 32.7. The predicted octanol–water partition coefficient (Wildman–Crippen LogP) is 11.5. The number of rotatable bonds is 10. The van der Waals surface area contributed by atoms with Gasteiger partial charge in [0.2, 0.25) is 0 Å². The molecule has 0 saturated heterocycles. The summed E-state index contributed by atoms with van der Waals surface area (Å²) in [6.45, 7) is 1.99.